The van der Waals surface area contributed by atoms with Crippen molar-refractivity contribution in [1.29, 1.82) is 0 Å². The van der Waals surface area contributed by atoms with Gasteiger partial charge in [-0.1, -0.05) is 0 Å². The van der Waals surface area contributed by atoms with Gasteiger partial charge >= 0.3 is 6.09 Å². The smallest absolute Gasteiger partial charge is 0.414 e. The average Bonchev–Trinajstić information content (AvgIpc) is 3.15. The molecule has 0 atom stereocenters. The molecule has 0 unspecified atom stereocenters. The summed E-state index contributed by atoms with van der Waals surface area (Å²) in [4.78, 5) is 39.3. The largest absolute Gasteiger partial charge is 0.465 e. The first kappa shape index (κ1) is 15.8. The Morgan fingerprint density at radius 1 is 1.27 bits per heavy atom. The highest BCUT2D eigenvalue weighted by Gasteiger charge is 2.39. The van der Waals surface area contributed by atoms with Gasteiger partial charge in [0.25, 0.3) is 11.6 Å². The van der Waals surface area contributed by atoms with Crippen LogP contribution in [0.5, 0.6) is 0 Å². The standard InChI is InChI=1S/C17H12N4O5/c1-19-7-5-11-10(4-6-18-15(11)19)9-2-3-13(21(25)26)14-12(9)8-20(16(14)22)17(23)24/h2-7H,8H2,1H3,(H,23,24). The second-order valence-corrected chi connectivity index (χ2v) is 5.94. The Morgan fingerprint density at radius 2 is 2.04 bits per heavy atom. The van der Waals surface area contributed by atoms with Gasteiger partial charge in [-0.15, -0.1) is 0 Å². The number of nitrogens with zero attached hydrogens (tertiary/aromatic N) is 4. The van der Waals surface area contributed by atoms with Gasteiger partial charge in [-0.3, -0.25) is 14.9 Å². The fraction of sp³-hybridized carbons (Fsp3) is 0.118. The van der Waals surface area contributed by atoms with E-state index in [1.165, 1.54) is 6.07 Å². The van der Waals surface area contributed by atoms with E-state index in [0.29, 0.717) is 21.7 Å². The van der Waals surface area contributed by atoms with Crippen molar-refractivity contribution in [2.24, 2.45) is 7.05 Å². The number of imide groups is 1. The topological polar surface area (TPSA) is 119 Å². The highest BCUT2D eigenvalue weighted by atomic mass is 16.6. The van der Waals surface area contributed by atoms with Gasteiger partial charge in [0.2, 0.25) is 0 Å². The van der Waals surface area contributed by atoms with Crippen LogP contribution in [0.3, 0.4) is 0 Å². The molecule has 9 heteroatoms. The first-order chi connectivity index (χ1) is 12.4. The Kier molecular flexibility index (Phi) is 3.26. The number of rotatable bonds is 2. The summed E-state index contributed by atoms with van der Waals surface area (Å²) in [7, 11) is 1.84. The molecule has 1 aliphatic rings. The third kappa shape index (κ3) is 2.07. The number of aryl methyl sites for hydroxylation is 1. The number of nitro benzene ring substituents is 1. The van der Waals surface area contributed by atoms with Crippen molar-refractivity contribution in [2.45, 2.75) is 6.54 Å². The van der Waals surface area contributed by atoms with Crippen LogP contribution in [0.2, 0.25) is 0 Å². The van der Waals surface area contributed by atoms with Gasteiger partial charge < -0.3 is 9.67 Å². The van der Waals surface area contributed by atoms with E-state index >= 15 is 0 Å². The summed E-state index contributed by atoms with van der Waals surface area (Å²) in [6.07, 6.45) is 2.00. The van der Waals surface area contributed by atoms with E-state index < -0.39 is 22.6 Å². The van der Waals surface area contributed by atoms with Crippen molar-refractivity contribution in [3.05, 3.63) is 57.9 Å². The van der Waals surface area contributed by atoms with Crippen molar-refractivity contribution in [3.63, 3.8) is 0 Å². The number of nitro groups is 1. The van der Waals surface area contributed by atoms with Crippen molar-refractivity contribution in [3.8, 4) is 11.1 Å². The fourth-order valence-electron chi connectivity index (χ4n) is 3.36. The van der Waals surface area contributed by atoms with Crippen LogP contribution in [-0.2, 0) is 13.6 Å². The Bertz CT molecular complexity index is 1120. The van der Waals surface area contributed by atoms with E-state index in [9.17, 15) is 24.8 Å². The van der Waals surface area contributed by atoms with Crippen LogP contribution >= 0.6 is 0 Å². The van der Waals surface area contributed by atoms with Crippen molar-refractivity contribution in [1.82, 2.24) is 14.5 Å². The molecule has 2 aromatic heterocycles. The van der Waals surface area contributed by atoms with Crippen LogP contribution in [0.15, 0.2) is 36.7 Å². The number of hydrogen-bond acceptors (Lipinski definition) is 5. The van der Waals surface area contributed by atoms with Gasteiger partial charge in [0, 0.05) is 30.9 Å². The first-order valence-electron chi connectivity index (χ1n) is 7.65. The number of hydrogen-bond donors (Lipinski definition) is 1. The molecule has 130 valence electrons. The molecule has 26 heavy (non-hydrogen) atoms. The minimum atomic E-state index is -1.44. The number of carboxylic acid groups (broad SMARTS) is 1. The molecule has 1 N–H and O–H groups in total. The maximum Gasteiger partial charge on any atom is 0.414 e. The highest BCUT2D eigenvalue weighted by molar-refractivity contribution is 6.11. The zero-order valence-corrected chi connectivity index (χ0v) is 13.5. The Hall–Kier alpha value is -3.75. The lowest BCUT2D eigenvalue weighted by Crippen LogP contribution is -2.29. The molecule has 2 amide bonds. The van der Waals surface area contributed by atoms with Crippen LogP contribution in [0.4, 0.5) is 10.5 Å². The molecular formula is C17H12N4O5. The van der Waals surface area contributed by atoms with Gasteiger partial charge in [-0.25, -0.2) is 14.7 Å². The maximum absolute atomic E-state index is 12.4. The van der Waals surface area contributed by atoms with Crippen LogP contribution in [0.25, 0.3) is 22.2 Å². The third-order valence-corrected chi connectivity index (χ3v) is 4.55. The Labute approximate surface area is 146 Å². The normalized spacial score (nSPS) is 13.3. The molecule has 1 aromatic carbocycles. The third-order valence-electron chi connectivity index (χ3n) is 4.55. The second kappa shape index (κ2) is 5.38. The second-order valence-electron chi connectivity index (χ2n) is 5.94. The van der Waals surface area contributed by atoms with E-state index in [0.717, 1.165) is 10.9 Å². The number of benzene rings is 1. The van der Waals surface area contributed by atoms with Crippen molar-refractivity contribution >= 4 is 28.7 Å². The number of aromatic nitrogens is 2. The van der Waals surface area contributed by atoms with Gasteiger partial charge in [0.15, 0.2) is 0 Å². The van der Waals surface area contributed by atoms with Crippen LogP contribution in [0.1, 0.15) is 15.9 Å². The Morgan fingerprint density at radius 3 is 2.73 bits per heavy atom. The molecule has 0 saturated carbocycles. The highest BCUT2D eigenvalue weighted by Crippen LogP contribution is 2.40. The van der Waals surface area contributed by atoms with E-state index in [1.54, 1.807) is 18.3 Å². The molecule has 0 bridgehead atoms. The van der Waals surface area contributed by atoms with E-state index in [4.69, 9.17) is 0 Å². The summed E-state index contributed by atoms with van der Waals surface area (Å²) in [5.74, 6) is -0.876. The van der Waals surface area contributed by atoms with Gasteiger partial charge in [0.05, 0.1) is 11.5 Å². The summed E-state index contributed by atoms with van der Waals surface area (Å²) >= 11 is 0. The molecule has 0 fully saturated rings. The molecule has 3 heterocycles. The average molecular weight is 352 g/mol. The van der Waals surface area contributed by atoms with E-state index in [-0.39, 0.29) is 12.1 Å². The predicted octanol–water partition coefficient (Wildman–Crippen LogP) is 2.78. The first-order valence-corrected chi connectivity index (χ1v) is 7.65. The molecular weight excluding hydrogens is 340 g/mol. The summed E-state index contributed by atoms with van der Waals surface area (Å²) in [5.41, 5.74) is 1.81. The molecule has 0 saturated heterocycles. The summed E-state index contributed by atoms with van der Waals surface area (Å²) < 4.78 is 1.83. The quantitative estimate of drug-likeness (QED) is 0.559. The van der Waals surface area contributed by atoms with Crippen molar-refractivity contribution in [2.75, 3.05) is 0 Å². The van der Waals surface area contributed by atoms with Crippen LogP contribution in [0, 0.1) is 10.1 Å². The van der Waals surface area contributed by atoms with E-state index in [1.807, 2.05) is 23.9 Å². The van der Waals surface area contributed by atoms with Gasteiger partial charge in [-0.05, 0) is 34.9 Å². The zero-order chi connectivity index (χ0) is 18.6. The van der Waals surface area contributed by atoms with E-state index in [2.05, 4.69) is 4.98 Å². The maximum atomic E-state index is 12.4. The molecule has 4 rings (SSSR count). The van der Waals surface area contributed by atoms with Gasteiger partial charge in [-0.2, -0.15) is 0 Å². The summed E-state index contributed by atoms with van der Waals surface area (Å²) in [6, 6.07) is 6.40. The molecule has 1 aliphatic heterocycles. The molecule has 0 spiro atoms. The van der Waals surface area contributed by atoms with Crippen LogP contribution in [-0.4, -0.2) is 36.5 Å². The number of carbonyl (C=O) groups excluding carboxylic acids is 1. The summed E-state index contributed by atoms with van der Waals surface area (Å²) in [5, 5.41) is 21.4. The summed E-state index contributed by atoms with van der Waals surface area (Å²) in [6.45, 7) is -0.225. The predicted molar refractivity (Wildman–Crippen MR) is 90.7 cm³/mol. The molecule has 0 aliphatic carbocycles. The minimum Gasteiger partial charge on any atom is -0.465 e. The number of fused-ring (bicyclic) bond motifs is 2. The number of pyridine rings is 1. The lowest BCUT2D eigenvalue weighted by Gasteiger charge is -2.10. The van der Waals surface area contributed by atoms with Gasteiger partial charge in [0.1, 0.15) is 11.2 Å². The monoisotopic (exact) mass is 352 g/mol. The van der Waals surface area contributed by atoms with Crippen LogP contribution < -0.4 is 0 Å². The molecule has 0 radical (unpaired) electrons. The molecule has 9 nitrogen and oxygen atoms in total. The zero-order valence-electron chi connectivity index (χ0n) is 13.5. The lowest BCUT2D eigenvalue weighted by molar-refractivity contribution is -0.385. The Balaban J connectivity index is 2.02. The minimum absolute atomic E-state index is 0.171. The SMILES string of the molecule is Cn1ccc2c(-c3ccc([N+](=O)[O-])c4c3CN(C(=O)O)C4=O)ccnc21. The lowest BCUT2D eigenvalue weighted by atomic mass is 9.94. The molecule has 3 aromatic rings. The number of amides is 2. The number of carbonyl (C=O) groups is 2. The fourth-order valence-corrected chi connectivity index (χ4v) is 3.36. The van der Waals surface area contributed by atoms with Crippen molar-refractivity contribution < 1.29 is 19.6 Å².